The molecule has 0 amide bonds. The van der Waals surface area contributed by atoms with E-state index in [0.29, 0.717) is 23.9 Å². The summed E-state index contributed by atoms with van der Waals surface area (Å²) in [6.45, 7) is 4.50. The zero-order chi connectivity index (χ0) is 57.6. The fraction of sp³-hybridized carbons (Fsp3) is 0.700. The Labute approximate surface area is 485 Å². The van der Waals surface area contributed by atoms with Crippen LogP contribution in [-0.4, -0.2) is 82.3 Å². The van der Waals surface area contributed by atoms with Gasteiger partial charge in [0.2, 0.25) is 0 Å². The van der Waals surface area contributed by atoms with Gasteiger partial charge < -0.3 is 33.3 Å². The van der Waals surface area contributed by atoms with Gasteiger partial charge in [0.05, 0.1) is 40.3 Å². The van der Waals surface area contributed by atoms with Gasteiger partial charge in [-0.1, -0.05) is 258 Å². The first-order valence-corrected chi connectivity index (χ1v) is 32.0. The maximum Gasteiger partial charge on any atom is 0.306 e. The Kier molecular flexibility index (Phi) is 57.0. The molecule has 0 saturated heterocycles. The van der Waals surface area contributed by atoms with Gasteiger partial charge >= 0.3 is 11.9 Å². The first kappa shape index (κ1) is 75.0. The maximum atomic E-state index is 12.9. The summed E-state index contributed by atoms with van der Waals surface area (Å²) in [5.41, 5.74) is 0. The Bertz CT molecular complexity index is 1660. The second kappa shape index (κ2) is 60.1. The van der Waals surface area contributed by atoms with Crippen molar-refractivity contribution in [3.05, 3.63) is 109 Å². The Morgan fingerprint density at radius 2 is 0.684 bits per heavy atom. The van der Waals surface area contributed by atoms with Crippen LogP contribution in [0.25, 0.3) is 0 Å². The number of unbranched alkanes of at least 4 members (excludes halogenated alkanes) is 25. The van der Waals surface area contributed by atoms with E-state index in [0.717, 1.165) is 103 Å². The average molecular weight is 1100 g/mol. The van der Waals surface area contributed by atoms with E-state index in [1.54, 1.807) is 0 Å². The molecular weight excluding hydrogens is 983 g/mol. The minimum absolute atomic E-state index is 0.140. The lowest BCUT2D eigenvalue weighted by Gasteiger charge is -2.26. The second-order valence-electron chi connectivity index (χ2n) is 22.3. The van der Waals surface area contributed by atoms with E-state index in [-0.39, 0.29) is 38.6 Å². The van der Waals surface area contributed by atoms with E-state index in [1.165, 1.54) is 116 Å². The summed E-state index contributed by atoms with van der Waals surface area (Å²) in [6.07, 6.45) is 80.3. The molecule has 0 aliphatic carbocycles. The van der Waals surface area contributed by atoms with Crippen LogP contribution in [0.5, 0.6) is 0 Å². The molecule has 0 aromatic heterocycles. The third-order valence-electron chi connectivity index (χ3n) is 13.5. The van der Waals surface area contributed by atoms with E-state index in [1.807, 2.05) is 21.1 Å². The van der Waals surface area contributed by atoms with Crippen molar-refractivity contribution in [1.29, 1.82) is 0 Å². The van der Waals surface area contributed by atoms with Crippen molar-refractivity contribution < 1.29 is 42.9 Å². The molecule has 9 nitrogen and oxygen atoms in total. The van der Waals surface area contributed by atoms with Crippen LogP contribution >= 0.6 is 0 Å². The predicted molar refractivity (Wildman–Crippen MR) is 333 cm³/mol. The fourth-order valence-electron chi connectivity index (χ4n) is 8.67. The van der Waals surface area contributed by atoms with Gasteiger partial charge in [0.15, 0.2) is 12.4 Å². The highest BCUT2D eigenvalue weighted by atomic mass is 16.7. The van der Waals surface area contributed by atoms with Gasteiger partial charge in [-0.3, -0.25) is 9.59 Å². The van der Waals surface area contributed by atoms with E-state index < -0.39 is 24.3 Å². The first-order valence-electron chi connectivity index (χ1n) is 32.0. The summed E-state index contributed by atoms with van der Waals surface area (Å²) in [6, 6.07) is 0. The lowest BCUT2D eigenvalue weighted by molar-refractivity contribution is -0.870. The largest absolute Gasteiger partial charge is 0.545 e. The number of allylic oxidation sites excluding steroid dienone is 18. The van der Waals surface area contributed by atoms with Crippen molar-refractivity contribution in [2.24, 2.45) is 0 Å². The molecule has 452 valence electrons. The SMILES string of the molecule is CC/C=C\C/C=C\C/C=C\C/C=C\C/C=C\CCCCCCCCCCCCCCCCCCCCCCCC(=O)OC(COC(=O)CCCCCC/C=C\C/C=C\C/C=C\C/C=C\CC)COC(OCC[N+](C)(C)C)C(=O)[O-]. The highest BCUT2D eigenvalue weighted by Crippen LogP contribution is 2.17. The molecular formula is C70H119NO8. The van der Waals surface area contributed by atoms with Crippen molar-refractivity contribution >= 4 is 17.9 Å². The zero-order valence-electron chi connectivity index (χ0n) is 51.5. The molecule has 0 aliphatic heterocycles. The van der Waals surface area contributed by atoms with Crippen LogP contribution in [0.4, 0.5) is 0 Å². The summed E-state index contributed by atoms with van der Waals surface area (Å²) in [7, 11) is 5.91. The highest BCUT2D eigenvalue weighted by Gasteiger charge is 2.22. The molecule has 0 aromatic rings. The smallest absolute Gasteiger partial charge is 0.306 e. The first-order chi connectivity index (χ1) is 38.6. The van der Waals surface area contributed by atoms with Crippen LogP contribution in [0.2, 0.25) is 0 Å². The quantitative estimate of drug-likeness (QED) is 0.0195. The molecule has 2 atom stereocenters. The molecule has 0 N–H and O–H groups in total. The number of nitrogens with zero attached hydrogens (tertiary/aromatic N) is 1. The van der Waals surface area contributed by atoms with E-state index in [2.05, 4.69) is 123 Å². The third kappa shape index (κ3) is 61.4. The summed E-state index contributed by atoms with van der Waals surface area (Å²) in [5.74, 6) is -2.31. The van der Waals surface area contributed by atoms with E-state index in [4.69, 9.17) is 18.9 Å². The van der Waals surface area contributed by atoms with Gasteiger partial charge in [-0.05, 0) is 96.3 Å². The van der Waals surface area contributed by atoms with Crippen molar-refractivity contribution in [3.8, 4) is 0 Å². The van der Waals surface area contributed by atoms with Crippen LogP contribution in [0.1, 0.15) is 258 Å². The normalized spacial score (nSPS) is 13.5. The number of carboxylic acid groups (broad SMARTS) is 1. The number of hydrogen-bond donors (Lipinski definition) is 0. The second-order valence-corrected chi connectivity index (χ2v) is 22.3. The summed E-state index contributed by atoms with van der Waals surface area (Å²) in [5, 5.41) is 11.8. The van der Waals surface area contributed by atoms with E-state index >= 15 is 0 Å². The number of carbonyl (C=O) groups is 3. The Hall–Kier alpha value is -4.05. The summed E-state index contributed by atoms with van der Waals surface area (Å²) < 4.78 is 22.7. The van der Waals surface area contributed by atoms with Gasteiger partial charge in [0, 0.05) is 12.8 Å². The zero-order valence-corrected chi connectivity index (χ0v) is 51.5. The van der Waals surface area contributed by atoms with Gasteiger partial charge in [-0.2, -0.15) is 0 Å². The third-order valence-corrected chi connectivity index (χ3v) is 13.5. The minimum atomic E-state index is -1.63. The van der Waals surface area contributed by atoms with Crippen molar-refractivity contribution in [2.75, 3.05) is 47.5 Å². The number of esters is 2. The molecule has 0 fully saturated rings. The molecule has 0 bridgehead atoms. The fourth-order valence-corrected chi connectivity index (χ4v) is 8.67. The number of aliphatic carboxylic acids is 1. The molecule has 9 heteroatoms. The maximum absolute atomic E-state index is 12.9. The number of hydrogen-bond acceptors (Lipinski definition) is 8. The molecule has 0 aromatic carbocycles. The number of carbonyl (C=O) groups excluding carboxylic acids is 3. The molecule has 0 radical (unpaired) electrons. The predicted octanol–water partition coefficient (Wildman–Crippen LogP) is 18.1. The van der Waals surface area contributed by atoms with E-state index in [9.17, 15) is 19.5 Å². The van der Waals surface area contributed by atoms with Crippen LogP contribution in [0, 0.1) is 0 Å². The molecule has 0 heterocycles. The van der Waals surface area contributed by atoms with Crippen molar-refractivity contribution in [3.63, 3.8) is 0 Å². The van der Waals surface area contributed by atoms with Crippen molar-refractivity contribution in [1.82, 2.24) is 0 Å². The molecule has 0 aliphatic rings. The van der Waals surface area contributed by atoms with Crippen LogP contribution in [0.15, 0.2) is 109 Å². The topological polar surface area (TPSA) is 111 Å². The number of ether oxygens (including phenoxy) is 4. The molecule has 0 spiro atoms. The van der Waals surface area contributed by atoms with Gasteiger partial charge in [0.1, 0.15) is 13.2 Å². The van der Waals surface area contributed by atoms with Gasteiger partial charge in [0.25, 0.3) is 0 Å². The minimum Gasteiger partial charge on any atom is -0.545 e. The van der Waals surface area contributed by atoms with Crippen LogP contribution < -0.4 is 5.11 Å². The monoisotopic (exact) mass is 1100 g/mol. The Balaban J connectivity index is 4.07. The molecule has 79 heavy (non-hydrogen) atoms. The molecule has 0 saturated carbocycles. The van der Waals surface area contributed by atoms with Gasteiger partial charge in [-0.15, -0.1) is 0 Å². The number of likely N-dealkylation sites (N-methyl/N-ethyl adjacent to an activating group) is 1. The molecule has 2 unspecified atom stereocenters. The summed E-state index contributed by atoms with van der Waals surface area (Å²) >= 11 is 0. The number of quaternary nitrogens is 1. The average Bonchev–Trinajstić information content (AvgIpc) is 3.42. The number of carboxylic acids is 1. The summed E-state index contributed by atoms with van der Waals surface area (Å²) in [4.78, 5) is 37.3. The van der Waals surface area contributed by atoms with Gasteiger partial charge in [-0.25, -0.2) is 0 Å². The number of rotatable bonds is 58. The van der Waals surface area contributed by atoms with Crippen molar-refractivity contribution in [2.45, 2.75) is 270 Å². The lowest BCUT2D eigenvalue weighted by Crippen LogP contribution is -2.44. The molecule has 0 rings (SSSR count). The van der Waals surface area contributed by atoms with Crippen LogP contribution in [-0.2, 0) is 33.3 Å². The highest BCUT2D eigenvalue weighted by molar-refractivity contribution is 5.70. The Morgan fingerprint density at radius 1 is 0.380 bits per heavy atom. The lowest BCUT2D eigenvalue weighted by atomic mass is 10.0. The van der Waals surface area contributed by atoms with Crippen LogP contribution in [0.3, 0.4) is 0 Å². The standard InChI is InChI=1S/C70H119NO8/c1-6-8-10-12-14-16-18-20-22-24-25-26-27-28-29-30-31-32-33-34-35-36-37-38-39-40-41-42-43-45-47-49-51-53-55-57-59-61-68(73)79-66(65-78-70(69(74)75)76-63-62-71(3,4)5)64-77-67(72)60-58-56-54-52-50-48-46-44-23-21-19-17-15-13-11-9-7-2/h8-11,14-17,20-23,25-26,28-29,46,48,66,70H,6-7,12-13,18-19,24,27,30-45,47,49-65H2,1-5H3/b10-8-,11-9-,16-14-,17-15-,22-20-,23-21-,26-25-,29-28-,48-46-. The Morgan fingerprint density at radius 3 is 1.01 bits per heavy atom.